The molecule has 7 heteroatoms. The summed E-state index contributed by atoms with van der Waals surface area (Å²) in [7, 11) is 2.68. The van der Waals surface area contributed by atoms with Crippen LogP contribution < -0.4 is 0 Å². The van der Waals surface area contributed by atoms with Gasteiger partial charge >= 0.3 is 11.9 Å². The van der Waals surface area contributed by atoms with Crippen LogP contribution in [0.25, 0.3) is 11.3 Å². The Bertz CT molecular complexity index is 987. The van der Waals surface area contributed by atoms with Gasteiger partial charge in [0.05, 0.1) is 31.0 Å². The maximum Gasteiger partial charge on any atom is 0.337 e. The lowest BCUT2D eigenvalue weighted by molar-refractivity contribution is 0.0592. The topological polar surface area (TPSA) is 95.7 Å². The van der Waals surface area contributed by atoms with Crippen molar-refractivity contribution in [1.82, 2.24) is 5.16 Å². The number of Topliss-reactive ketones (excluding diaryl/α,β-unsaturated/α-hetero) is 1. The zero-order valence-electron chi connectivity index (χ0n) is 16.6. The number of ketones is 1. The fourth-order valence-corrected chi connectivity index (χ4v) is 2.35. The molecule has 0 aliphatic carbocycles. The molecule has 0 N–H and O–H groups in total. The first-order valence-electron chi connectivity index (χ1n) is 8.67. The summed E-state index contributed by atoms with van der Waals surface area (Å²) in [4.78, 5) is 33.1. The van der Waals surface area contributed by atoms with Gasteiger partial charge in [-0.05, 0) is 38.1 Å². The molecule has 1 heterocycles. The molecule has 1 aromatic heterocycles. The Morgan fingerprint density at radius 3 is 1.62 bits per heavy atom. The second-order valence-electron chi connectivity index (χ2n) is 6.03. The molecular formula is C22H21NO6. The van der Waals surface area contributed by atoms with E-state index < -0.39 is 5.97 Å². The molecule has 0 saturated heterocycles. The molecule has 0 unspecified atom stereocenters. The maximum atomic E-state index is 11.2. The molecule has 0 saturated carbocycles. The number of methoxy groups -OCH3 is 2. The third kappa shape index (κ3) is 5.87. The van der Waals surface area contributed by atoms with Crippen molar-refractivity contribution < 1.29 is 28.4 Å². The molecule has 29 heavy (non-hydrogen) atoms. The van der Waals surface area contributed by atoms with E-state index in [4.69, 9.17) is 4.52 Å². The number of aryl methyl sites for hydroxylation is 1. The zero-order valence-corrected chi connectivity index (χ0v) is 16.6. The summed E-state index contributed by atoms with van der Waals surface area (Å²) < 4.78 is 14.2. The monoisotopic (exact) mass is 395 g/mol. The highest BCUT2D eigenvalue weighted by Gasteiger charge is 2.08. The van der Waals surface area contributed by atoms with Crippen molar-refractivity contribution in [3.05, 3.63) is 77.0 Å². The van der Waals surface area contributed by atoms with Gasteiger partial charge < -0.3 is 14.0 Å². The van der Waals surface area contributed by atoms with Crippen LogP contribution in [0.4, 0.5) is 0 Å². The Kier molecular flexibility index (Phi) is 7.42. The van der Waals surface area contributed by atoms with Crippen LogP contribution in [0.5, 0.6) is 0 Å². The third-order valence-electron chi connectivity index (χ3n) is 3.93. The number of carbonyl (C=O) groups is 3. The zero-order chi connectivity index (χ0) is 21.4. The number of hydrogen-bond acceptors (Lipinski definition) is 7. The van der Waals surface area contributed by atoms with Gasteiger partial charge in [-0.15, -0.1) is 0 Å². The van der Waals surface area contributed by atoms with Crippen LogP contribution in [0.1, 0.15) is 43.7 Å². The number of benzene rings is 2. The number of esters is 2. The molecule has 0 atom stereocenters. The molecule has 0 spiro atoms. The van der Waals surface area contributed by atoms with E-state index in [0.717, 1.165) is 11.3 Å². The van der Waals surface area contributed by atoms with Gasteiger partial charge in [0.15, 0.2) is 11.5 Å². The van der Waals surface area contributed by atoms with Gasteiger partial charge in [-0.2, -0.15) is 0 Å². The Morgan fingerprint density at radius 2 is 1.24 bits per heavy atom. The lowest BCUT2D eigenvalue weighted by Crippen LogP contribution is -2.01. The predicted molar refractivity (Wildman–Crippen MR) is 106 cm³/mol. The molecule has 0 aliphatic rings. The first-order chi connectivity index (χ1) is 13.8. The number of carbonyl (C=O) groups excluding carboxylic acids is 3. The summed E-state index contributed by atoms with van der Waals surface area (Å²) in [6.45, 7) is 3.34. The predicted octanol–water partition coefficient (Wildman–Crippen LogP) is 4.11. The largest absolute Gasteiger partial charge is 0.465 e. The molecule has 0 aliphatic heterocycles. The van der Waals surface area contributed by atoms with Crippen LogP contribution >= 0.6 is 0 Å². The first kappa shape index (κ1) is 21.6. The van der Waals surface area contributed by atoms with Gasteiger partial charge in [-0.25, -0.2) is 9.59 Å². The number of rotatable bonds is 4. The van der Waals surface area contributed by atoms with Crippen LogP contribution in [0, 0.1) is 6.92 Å². The number of ether oxygens (including phenoxy) is 2. The fraction of sp³-hybridized carbons (Fsp3) is 0.182. The lowest BCUT2D eigenvalue weighted by Gasteiger charge is -1.99. The summed E-state index contributed by atoms with van der Waals surface area (Å²) in [5.74, 6) is -0.0688. The summed E-state index contributed by atoms with van der Waals surface area (Å²) >= 11 is 0. The summed E-state index contributed by atoms with van der Waals surface area (Å²) in [5.41, 5.74) is 3.27. The van der Waals surface area contributed by atoms with Gasteiger partial charge in [0, 0.05) is 17.2 Å². The number of hydrogen-bond donors (Lipinski definition) is 0. The standard InChI is InChI=1S/C12H11NO3.C10H10O3/c1-8-7-11(16-13-8)9-3-5-10(6-4-9)12(14)15-2;1-7(11)8-3-5-9(6-4-8)10(12)13-2/h3-7H,1-2H3;3-6H,1-2H3. The van der Waals surface area contributed by atoms with E-state index in [1.165, 1.54) is 21.1 Å². The van der Waals surface area contributed by atoms with Crippen LogP contribution in [-0.2, 0) is 9.47 Å². The number of nitrogens with zero attached hydrogens (tertiary/aromatic N) is 1. The first-order valence-corrected chi connectivity index (χ1v) is 8.67. The second kappa shape index (κ2) is 9.98. The molecule has 0 fully saturated rings. The molecular weight excluding hydrogens is 374 g/mol. The molecule has 3 rings (SSSR count). The maximum absolute atomic E-state index is 11.2. The minimum Gasteiger partial charge on any atom is -0.465 e. The van der Waals surface area contributed by atoms with Crippen molar-refractivity contribution in [2.24, 2.45) is 0 Å². The minimum absolute atomic E-state index is 0.0172. The summed E-state index contributed by atoms with van der Waals surface area (Å²) in [5, 5.41) is 3.80. The number of aromatic nitrogens is 1. The molecule has 7 nitrogen and oxygen atoms in total. The highest BCUT2D eigenvalue weighted by atomic mass is 16.5. The van der Waals surface area contributed by atoms with E-state index >= 15 is 0 Å². The summed E-state index contributed by atoms with van der Waals surface area (Å²) in [6, 6.07) is 15.2. The molecule has 3 aromatic rings. The van der Waals surface area contributed by atoms with Crippen LogP contribution in [0.2, 0.25) is 0 Å². The highest BCUT2D eigenvalue weighted by molar-refractivity contribution is 5.96. The SMILES string of the molecule is COC(=O)c1ccc(-c2cc(C)no2)cc1.COC(=O)c1ccc(C(C)=O)cc1. The Hall–Kier alpha value is -3.74. The van der Waals surface area contributed by atoms with Gasteiger partial charge in [-0.1, -0.05) is 29.4 Å². The third-order valence-corrected chi connectivity index (χ3v) is 3.93. The molecule has 0 radical (unpaired) electrons. The van der Waals surface area contributed by atoms with Gasteiger partial charge in [0.1, 0.15) is 0 Å². The quantitative estimate of drug-likeness (QED) is 0.484. The van der Waals surface area contributed by atoms with Crippen LogP contribution in [0.3, 0.4) is 0 Å². The molecule has 2 aromatic carbocycles. The summed E-state index contributed by atoms with van der Waals surface area (Å²) in [6.07, 6.45) is 0. The van der Waals surface area contributed by atoms with E-state index in [1.54, 1.807) is 48.5 Å². The van der Waals surface area contributed by atoms with E-state index in [2.05, 4.69) is 14.6 Å². The van der Waals surface area contributed by atoms with Gasteiger partial charge in [0.2, 0.25) is 0 Å². The van der Waals surface area contributed by atoms with Crippen LogP contribution in [0.15, 0.2) is 59.1 Å². The molecule has 0 bridgehead atoms. The van der Waals surface area contributed by atoms with Crippen molar-refractivity contribution >= 4 is 17.7 Å². The average Bonchev–Trinajstić information content (AvgIpc) is 3.19. The average molecular weight is 395 g/mol. The van der Waals surface area contributed by atoms with Crippen molar-refractivity contribution in [3.8, 4) is 11.3 Å². The van der Waals surface area contributed by atoms with Crippen molar-refractivity contribution in [2.45, 2.75) is 13.8 Å². The smallest absolute Gasteiger partial charge is 0.337 e. The van der Waals surface area contributed by atoms with E-state index in [1.807, 2.05) is 13.0 Å². The normalized spacial score (nSPS) is 9.79. The lowest BCUT2D eigenvalue weighted by atomic mass is 10.1. The highest BCUT2D eigenvalue weighted by Crippen LogP contribution is 2.20. The molecule has 0 amide bonds. The Morgan fingerprint density at radius 1 is 0.793 bits per heavy atom. The minimum atomic E-state index is -0.393. The van der Waals surface area contributed by atoms with Crippen molar-refractivity contribution in [2.75, 3.05) is 14.2 Å². The van der Waals surface area contributed by atoms with E-state index in [-0.39, 0.29) is 11.8 Å². The van der Waals surface area contributed by atoms with Gasteiger partial charge in [0.25, 0.3) is 0 Å². The Balaban J connectivity index is 0.000000212. The Labute approximate surface area is 168 Å². The van der Waals surface area contributed by atoms with E-state index in [9.17, 15) is 14.4 Å². The second-order valence-corrected chi connectivity index (χ2v) is 6.03. The molecule has 150 valence electrons. The van der Waals surface area contributed by atoms with Gasteiger partial charge in [-0.3, -0.25) is 4.79 Å². The van der Waals surface area contributed by atoms with Crippen molar-refractivity contribution in [1.29, 1.82) is 0 Å². The fourth-order valence-electron chi connectivity index (χ4n) is 2.35. The van der Waals surface area contributed by atoms with Crippen LogP contribution in [-0.4, -0.2) is 37.1 Å². The van der Waals surface area contributed by atoms with Crippen molar-refractivity contribution in [3.63, 3.8) is 0 Å². The van der Waals surface area contributed by atoms with E-state index in [0.29, 0.717) is 22.5 Å².